The van der Waals surface area contributed by atoms with Gasteiger partial charge in [0.2, 0.25) is 0 Å². The van der Waals surface area contributed by atoms with Gasteiger partial charge in [-0.3, -0.25) is 9.89 Å². The van der Waals surface area contributed by atoms with Gasteiger partial charge in [0, 0.05) is 71.7 Å². The minimum atomic E-state index is -2.61. The summed E-state index contributed by atoms with van der Waals surface area (Å²) in [5, 5.41) is 8.42. The van der Waals surface area contributed by atoms with Gasteiger partial charge in [-0.2, -0.15) is 5.10 Å². The Labute approximate surface area is 178 Å². The van der Waals surface area contributed by atoms with Crippen molar-refractivity contribution >= 4 is 16.8 Å². The quantitative estimate of drug-likeness (QED) is 0.662. The third-order valence-electron chi connectivity index (χ3n) is 7.70. The Kier molecular flexibility index (Phi) is 3.77. The maximum Gasteiger partial charge on any atom is 0.258 e. The number of nitrogens with one attached hydrogen (secondary N) is 2. The van der Waals surface area contributed by atoms with Crippen molar-refractivity contribution in [2.75, 3.05) is 33.2 Å². The molecule has 1 aromatic carbocycles. The average Bonchev–Trinajstić information content (AvgIpc) is 3.14. The molecule has 1 amide bonds. The van der Waals surface area contributed by atoms with Crippen molar-refractivity contribution in [1.29, 1.82) is 0 Å². The lowest BCUT2D eigenvalue weighted by Crippen LogP contribution is -2.47. The molecule has 31 heavy (non-hydrogen) atoms. The van der Waals surface area contributed by atoms with E-state index in [2.05, 4.69) is 27.1 Å². The van der Waals surface area contributed by atoms with Crippen LogP contribution < -0.4 is 0 Å². The number of aromatic amines is 2. The topological polar surface area (TPSA) is 68.0 Å². The fraction of sp³-hybridized carbons (Fsp3) is 0.478. The van der Waals surface area contributed by atoms with Crippen LogP contribution in [-0.4, -0.2) is 70.0 Å². The van der Waals surface area contributed by atoms with Crippen LogP contribution in [0, 0.1) is 11.3 Å². The summed E-state index contributed by atoms with van der Waals surface area (Å²) < 4.78 is 28.5. The lowest BCUT2D eigenvalue weighted by molar-refractivity contribution is 0.0630. The average molecular weight is 425 g/mol. The summed E-state index contributed by atoms with van der Waals surface area (Å²) in [6.45, 7) is 4.89. The highest BCUT2D eigenvalue weighted by Crippen LogP contribution is 2.70. The van der Waals surface area contributed by atoms with Gasteiger partial charge >= 0.3 is 0 Å². The third-order valence-corrected chi connectivity index (χ3v) is 7.70. The first-order chi connectivity index (χ1) is 14.8. The van der Waals surface area contributed by atoms with Crippen molar-refractivity contribution < 1.29 is 13.6 Å². The zero-order valence-electron chi connectivity index (χ0n) is 17.6. The predicted molar refractivity (Wildman–Crippen MR) is 113 cm³/mol. The Morgan fingerprint density at radius 2 is 1.97 bits per heavy atom. The van der Waals surface area contributed by atoms with E-state index in [1.807, 2.05) is 29.2 Å². The van der Waals surface area contributed by atoms with Crippen LogP contribution in [0.25, 0.3) is 22.3 Å². The maximum absolute atomic E-state index is 14.2. The molecule has 2 fully saturated rings. The number of H-pyrrole nitrogens is 2. The molecule has 0 spiro atoms. The van der Waals surface area contributed by atoms with Gasteiger partial charge in [-0.1, -0.05) is 13.0 Å². The molecule has 3 heterocycles. The van der Waals surface area contributed by atoms with Gasteiger partial charge in [-0.05, 0) is 31.7 Å². The standard InChI is InChI=1S/C23H25F2N5O/c1-22-12-18-15(11-19(22)23(22,24)25)20(28-27-18)17-9-13-3-4-14(10-16(13)26-17)21(31)30-7-5-29(2)6-8-30/h3-4,9-10,19,26H,5-8,11-12H2,1-2H3,(H,27,28). The summed E-state index contributed by atoms with van der Waals surface area (Å²) in [6, 6.07) is 7.65. The van der Waals surface area contributed by atoms with Crippen LogP contribution in [0.1, 0.15) is 28.5 Å². The summed E-state index contributed by atoms with van der Waals surface area (Å²) in [5.41, 5.74) is 3.78. The number of hydrogen-bond donors (Lipinski definition) is 2. The fourth-order valence-electron chi connectivity index (χ4n) is 5.41. The molecular formula is C23H25F2N5O. The van der Waals surface area contributed by atoms with Gasteiger partial charge in [0.15, 0.2) is 0 Å². The normalized spacial score (nSPS) is 27.2. The van der Waals surface area contributed by atoms with Crippen molar-refractivity contribution in [2.24, 2.45) is 11.3 Å². The third kappa shape index (κ3) is 2.63. The molecule has 2 aliphatic carbocycles. The number of rotatable bonds is 2. The van der Waals surface area contributed by atoms with E-state index in [1.54, 1.807) is 6.92 Å². The van der Waals surface area contributed by atoms with E-state index < -0.39 is 17.3 Å². The molecule has 6 nitrogen and oxygen atoms in total. The molecule has 0 radical (unpaired) electrons. The second-order valence-corrected chi connectivity index (χ2v) is 9.58. The first kappa shape index (κ1) is 19.0. The van der Waals surface area contributed by atoms with Gasteiger partial charge in [0.05, 0.1) is 5.69 Å². The molecule has 2 atom stereocenters. The van der Waals surface area contributed by atoms with Crippen molar-refractivity contribution in [3.05, 3.63) is 41.1 Å². The number of halogens is 2. The van der Waals surface area contributed by atoms with E-state index in [1.165, 1.54) is 0 Å². The van der Waals surface area contributed by atoms with Crippen LogP contribution in [0.4, 0.5) is 8.78 Å². The number of amides is 1. The lowest BCUT2D eigenvalue weighted by atomic mass is 9.87. The molecule has 2 aromatic heterocycles. The summed E-state index contributed by atoms with van der Waals surface area (Å²) >= 11 is 0. The SMILES string of the molecule is CN1CCN(C(=O)c2ccc3cc(-c4n[nH]c5c4CC4C(F)(F)C4(C)C5)[nH]c3c2)CC1. The number of fused-ring (bicyclic) bond motifs is 3. The molecule has 162 valence electrons. The van der Waals surface area contributed by atoms with Crippen LogP contribution in [0.5, 0.6) is 0 Å². The minimum absolute atomic E-state index is 0.0403. The lowest BCUT2D eigenvalue weighted by Gasteiger charge is -2.32. The summed E-state index contributed by atoms with van der Waals surface area (Å²) in [4.78, 5) is 20.4. The molecule has 1 saturated heterocycles. The Hall–Kier alpha value is -2.74. The molecule has 1 saturated carbocycles. The van der Waals surface area contributed by atoms with Crippen LogP contribution in [0.15, 0.2) is 24.3 Å². The van der Waals surface area contributed by atoms with Crippen molar-refractivity contribution in [3.8, 4) is 11.4 Å². The molecule has 3 aromatic rings. The zero-order chi connectivity index (χ0) is 21.5. The maximum atomic E-state index is 14.2. The van der Waals surface area contributed by atoms with E-state index in [4.69, 9.17) is 0 Å². The number of nitrogens with zero attached hydrogens (tertiary/aromatic N) is 3. The highest BCUT2D eigenvalue weighted by Gasteiger charge is 2.78. The number of alkyl halides is 2. The number of piperazine rings is 1. The van der Waals surface area contributed by atoms with Crippen LogP contribution in [-0.2, 0) is 12.8 Å². The van der Waals surface area contributed by atoms with Gasteiger partial charge in [0.1, 0.15) is 5.69 Å². The molecule has 3 aliphatic rings. The Balaban J connectivity index is 1.30. The summed E-state index contributed by atoms with van der Waals surface area (Å²) in [7, 11) is 2.06. The number of carbonyl (C=O) groups is 1. The Morgan fingerprint density at radius 3 is 2.74 bits per heavy atom. The van der Waals surface area contributed by atoms with Crippen LogP contribution >= 0.6 is 0 Å². The molecular weight excluding hydrogens is 400 g/mol. The van der Waals surface area contributed by atoms with Crippen molar-refractivity contribution in [2.45, 2.75) is 25.7 Å². The van der Waals surface area contributed by atoms with E-state index in [9.17, 15) is 13.6 Å². The van der Waals surface area contributed by atoms with Crippen LogP contribution in [0.3, 0.4) is 0 Å². The van der Waals surface area contributed by atoms with Crippen LogP contribution in [0.2, 0.25) is 0 Å². The molecule has 6 rings (SSSR count). The second kappa shape index (κ2) is 6.16. The Morgan fingerprint density at radius 1 is 1.19 bits per heavy atom. The number of carbonyl (C=O) groups excluding carboxylic acids is 1. The van der Waals surface area contributed by atoms with Crippen molar-refractivity contribution in [1.82, 2.24) is 25.0 Å². The first-order valence-electron chi connectivity index (χ1n) is 10.8. The van der Waals surface area contributed by atoms with E-state index in [-0.39, 0.29) is 5.91 Å². The van der Waals surface area contributed by atoms with E-state index in [0.717, 1.165) is 54.0 Å². The fourth-order valence-corrected chi connectivity index (χ4v) is 5.41. The largest absolute Gasteiger partial charge is 0.353 e. The van der Waals surface area contributed by atoms with Gasteiger partial charge < -0.3 is 14.8 Å². The summed E-state index contributed by atoms with van der Waals surface area (Å²) in [5.74, 6) is -3.18. The zero-order valence-corrected chi connectivity index (χ0v) is 17.6. The smallest absolute Gasteiger partial charge is 0.258 e. The van der Waals surface area contributed by atoms with Gasteiger partial charge in [-0.25, -0.2) is 8.78 Å². The van der Waals surface area contributed by atoms with Crippen molar-refractivity contribution in [3.63, 3.8) is 0 Å². The highest BCUT2D eigenvalue weighted by atomic mass is 19.3. The molecule has 1 aliphatic heterocycles. The number of hydrogen-bond acceptors (Lipinski definition) is 3. The highest BCUT2D eigenvalue weighted by molar-refractivity contribution is 5.99. The molecule has 2 N–H and O–H groups in total. The number of likely N-dealkylation sites (N-methyl/N-ethyl adjacent to an activating group) is 1. The number of aromatic nitrogens is 3. The molecule has 8 heteroatoms. The summed E-state index contributed by atoms with van der Waals surface area (Å²) in [6.07, 6.45) is 0.671. The molecule has 0 bridgehead atoms. The van der Waals surface area contributed by atoms with E-state index in [0.29, 0.717) is 24.1 Å². The first-order valence-corrected chi connectivity index (χ1v) is 10.8. The molecule has 2 unspecified atom stereocenters. The van der Waals surface area contributed by atoms with E-state index >= 15 is 0 Å². The van der Waals surface area contributed by atoms with Gasteiger partial charge in [-0.15, -0.1) is 0 Å². The predicted octanol–water partition coefficient (Wildman–Crippen LogP) is 3.32. The minimum Gasteiger partial charge on any atom is -0.353 e. The number of benzene rings is 1. The Bertz CT molecular complexity index is 1210. The monoisotopic (exact) mass is 425 g/mol. The second-order valence-electron chi connectivity index (χ2n) is 9.58. The van der Waals surface area contributed by atoms with Gasteiger partial charge in [0.25, 0.3) is 11.8 Å².